The van der Waals surface area contributed by atoms with Crippen molar-refractivity contribution in [1.29, 1.82) is 0 Å². The molecule has 2 aliphatic heterocycles. The molecule has 190 valence electrons. The maximum absolute atomic E-state index is 11.6. The topological polar surface area (TPSA) is 194 Å². The number of nitrogens with zero attached hydrogens (tertiary/aromatic N) is 5. The first-order valence-corrected chi connectivity index (χ1v) is 12.0. The fourth-order valence-corrected chi connectivity index (χ4v) is 4.99. The number of quaternary nitrogens is 1. The van der Waals surface area contributed by atoms with Gasteiger partial charge in [-0.25, -0.2) is 0 Å². The fraction of sp³-hybridized carbons (Fsp3) is 0.450. The van der Waals surface area contributed by atoms with Gasteiger partial charge >= 0.3 is 0 Å². The monoisotopic (exact) mass is 525 g/mol. The number of oxime groups is 1. The lowest BCUT2D eigenvalue weighted by Crippen LogP contribution is -2.55. The van der Waals surface area contributed by atoms with Gasteiger partial charge in [0, 0.05) is 24.2 Å². The van der Waals surface area contributed by atoms with Crippen molar-refractivity contribution in [3.8, 4) is 0 Å². The Labute approximate surface area is 210 Å². The number of β-lactam (4-membered cyclic amide) rings is 1. The number of allylic oxidation sites excluding steroid dienone is 1. The molecule has 15 heteroatoms. The van der Waals surface area contributed by atoms with Crippen molar-refractivity contribution >= 4 is 57.7 Å². The van der Waals surface area contributed by atoms with Crippen LogP contribution in [0.3, 0.4) is 0 Å². The number of carbonyl (C=O) groups is 4. The number of carbonyl (C=O) groups excluding carboxylic acids is 4. The van der Waals surface area contributed by atoms with Crippen LogP contribution in [0.4, 0.5) is 5.13 Å². The van der Waals surface area contributed by atoms with E-state index in [0.29, 0.717) is 35.3 Å². The summed E-state index contributed by atoms with van der Waals surface area (Å²) in [6.45, 7) is 2.57. The van der Waals surface area contributed by atoms with E-state index in [2.05, 4.69) is 19.4 Å². The molecule has 0 spiro atoms. The Hall–Kier alpha value is -3.30. The maximum Gasteiger partial charge on any atom is 0.274 e. The van der Waals surface area contributed by atoms with E-state index in [4.69, 9.17) is 11.5 Å². The maximum atomic E-state index is 11.6. The number of amides is 2. The highest BCUT2D eigenvalue weighted by molar-refractivity contribution is 8.00. The number of likely N-dealkylation sites (N-methyl/N-ethyl adjacent to an activating group) is 1. The first kappa shape index (κ1) is 27.9. The fourth-order valence-electron chi connectivity index (χ4n) is 3.32. The zero-order valence-electron chi connectivity index (χ0n) is 19.7. The number of thioether (sulfide) groups is 1. The number of fused-ring (bicyclic) bond motifs is 1. The first-order valence-electron chi connectivity index (χ1n) is 10.2. The Balaban J connectivity index is 0.000000283. The highest BCUT2D eigenvalue weighted by Gasteiger charge is 2.42. The molecule has 0 radical (unpaired) electrons. The predicted molar refractivity (Wildman–Crippen MR) is 128 cm³/mol. The molecule has 1 atom stereocenters. The molecule has 2 amide bonds. The minimum atomic E-state index is -1.31. The van der Waals surface area contributed by atoms with Gasteiger partial charge in [-0.15, -0.1) is 11.8 Å². The van der Waals surface area contributed by atoms with Crippen molar-refractivity contribution in [1.82, 2.24) is 14.3 Å². The number of rotatable bonds is 9. The van der Waals surface area contributed by atoms with Gasteiger partial charge < -0.3 is 30.7 Å². The van der Waals surface area contributed by atoms with E-state index in [1.165, 1.54) is 12.0 Å². The smallest absolute Gasteiger partial charge is 0.274 e. The zero-order chi connectivity index (χ0) is 26.3. The summed E-state index contributed by atoms with van der Waals surface area (Å²) in [6.07, 6.45) is 3.98. The quantitative estimate of drug-likeness (QED) is 0.165. The van der Waals surface area contributed by atoms with E-state index in [1.54, 1.807) is 24.8 Å². The Morgan fingerprint density at radius 3 is 2.54 bits per heavy atom. The molecule has 13 nitrogen and oxygen atoms in total. The lowest BCUT2D eigenvalue weighted by Gasteiger charge is -2.45. The molecule has 3 rings (SSSR count). The van der Waals surface area contributed by atoms with E-state index < -0.39 is 11.9 Å². The summed E-state index contributed by atoms with van der Waals surface area (Å²) >= 11 is 2.51. The number of hydrogen-bond acceptors (Lipinski definition) is 12. The number of aromatic nitrogens is 2. The predicted octanol–water partition coefficient (Wildman–Crippen LogP) is -1.53. The van der Waals surface area contributed by atoms with Crippen LogP contribution in [0.1, 0.15) is 19.2 Å². The number of ketones is 1. The normalized spacial score (nSPS) is 17.9. The van der Waals surface area contributed by atoms with Crippen molar-refractivity contribution in [3.63, 3.8) is 0 Å². The van der Waals surface area contributed by atoms with Crippen LogP contribution in [0, 0.1) is 0 Å². The molecule has 0 unspecified atom stereocenters. The number of nitrogen functional groups attached to an aromatic ring is 1. The first-order chi connectivity index (χ1) is 16.4. The summed E-state index contributed by atoms with van der Waals surface area (Å²) < 4.78 is 4.25. The number of Topliss-reactive ketones (excluding diaryl/α,β-unsaturated/α-hetero) is 1. The average Bonchev–Trinajstić information content (AvgIpc) is 3.16. The second kappa shape index (κ2) is 11.9. The summed E-state index contributed by atoms with van der Waals surface area (Å²) in [5.74, 6) is -1.51. The van der Waals surface area contributed by atoms with Gasteiger partial charge in [-0.2, -0.15) is 9.36 Å². The molecule has 4 N–H and O–H groups in total. The van der Waals surface area contributed by atoms with Crippen LogP contribution in [0.5, 0.6) is 0 Å². The van der Waals surface area contributed by atoms with E-state index in [1.807, 2.05) is 20.2 Å². The number of carboxylic acid groups (broad SMARTS) is 1. The standard InChI is InChI=1S/C15H20N2O4S.C5H7N5O2S/c1-10(18)8-17(2,3)6-4-5-11-9-22-13-7-12(19)16(13)14(11)15(20)21;1-12-9-2(3(6)11)4-8-5(7)13-10-4/h4-5,13H,6-9H2,1-3H3;1H3,(H2,6,11)(H2,7,8,10)/b5-4+;9-2+/t13-;/m0./s1. The third kappa shape index (κ3) is 7.60. The minimum Gasteiger partial charge on any atom is -0.543 e. The summed E-state index contributed by atoms with van der Waals surface area (Å²) in [6, 6.07) is 0. The van der Waals surface area contributed by atoms with Crippen LogP contribution in [-0.2, 0) is 24.0 Å². The van der Waals surface area contributed by atoms with Gasteiger partial charge in [-0.3, -0.25) is 19.3 Å². The number of anilines is 1. The molecular formula is C20H27N7O6S2. The van der Waals surface area contributed by atoms with Gasteiger partial charge in [0.2, 0.25) is 17.4 Å². The van der Waals surface area contributed by atoms with E-state index in [9.17, 15) is 24.3 Å². The van der Waals surface area contributed by atoms with Crippen LogP contribution in [-0.4, -0.2) is 93.4 Å². The number of nitrogens with two attached hydrogens (primary N) is 2. The Morgan fingerprint density at radius 1 is 1.37 bits per heavy atom. The van der Waals surface area contributed by atoms with E-state index in [-0.39, 0.29) is 39.4 Å². The highest BCUT2D eigenvalue weighted by atomic mass is 32.2. The summed E-state index contributed by atoms with van der Waals surface area (Å²) in [4.78, 5) is 54.4. The van der Waals surface area contributed by atoms with Crippen LogP contribution in [0.2, 0.25) is 0 Å². The molecule has 0 saturated carbocycles. The third-order valence-corrected chi connectivity index (χ3v) is 6.50. The number of hydrogen-bond donors (Lipinski definition) is 2. The third-order valence-electron chi connectivity index (χ3n) is 4.71. The largest absolute Gasteiger partial charge is 0.543 e. The Morgan fingerprint density at radius 2 is 2.06 bits per heavy atom. The molecule has 35 heavy (non-hydrogen) atoms. The van der Waals surface area contributed by atoms with Crippen LogP contribution in [0.15, 0.2) is 28.6 Å². The van der Waals surface area contributed by atoms with Gasteiger partial charge in [0.05, 0.1) is 44.1 Å². The van der Waals surface area contributed by atoms with Crippen molar-refractivity contribution < 1.29 is 33.6 Å². The number of aliphatic carboxylic acids is 1. The van der Waals surface area contributed by atoms with Gasteiger partial charge in [0.25, 0.3) is 5.91 Å². The van der Waals surface area contributed by atoms with Gasteiger partial charge in [-0.05, 0) is 11.6 Å². The van der Waals surface area contributed by atoms with Crippen LogP contribution >= 0.6 is 23.3 Å². The average molecular weight is 526 g/mol. The number of primary amides is 1. The highest BCUT2D eigenvalue weighted by Crippen LogP contribution is 2.39. The van der Waals surface area contributed by atoms with Gasteiger partial charge in [-0.1, -0.05) is 11.2 Å². The summed E-state index contributed by atoms with van der Waals surface area (Å²) in [5.41, 5.74) is 10.8. The molecule has 0 bridgehead atoms. The zero-order valence-corrected chi connectivity index (χ0v) is 21.4. The molecule has 3 heterocycles. The minimum absolute atomic E-state index is 0.00637. The Bertz CT molecular complexity index is 1100. The van der Waals surface area contributed by atoms with Crippen molar-refractivity contribution in [2.75, 3.05) is 45.8 Å². The lowest BCUT2D eigenvalue weighted by molar-refractivity contribution is -0.876. The second-order valence-electron chi connectivity index (χ2n) is 8.22. The molecule has 0 aliphatic carbocycles. The van der Waals surface area contributed by atoms with Crippen molar-refractivity contribution in [2.45, 2.75) is 18.7 Å². The molecule has 0 aromatic carbocycles. The summed E-state index contributed by atoms with van der Waals surface area (Å²) in [7, 11) is 5.16. The van der Waals surface area contributed by atoms with Crippen LogP contribution in [0.25, 0.3) is 0 Å². The molecule has 1 aromatic rings. The SMILES string of the molecule is CC(=O)C[N+](C)(C)C/C=C/C1=C(C(=O)[O-])N2C(=O)C[C@@H]2SC1.CO/N=C(\C(N)=O)c1nsc(N)n1. The number of carboxylic acids is 1. The molecular weight excluding hydrogens is 498 g/mol. The van der Waals surface area contributed by atoms with E-state index >= 15 is 0 Å². The Kier molecular flexibility index (Phi) is 9.50. The van der Waals surface area contributed by atoms with Gasteiger partial charge in [0.15, 0.2) is 10.9 Å². The van der Waals surface area contributed by atoms with Crippen molar-refractivity contribution in [2.24, 2.45) is 10.9 Å². The molecule has 2 aliphatic rings. The lowest BCUT2D eigenvalue weighted by atomic mass is 10.1. The molecule has 1 saturated heterocycles. The second-order valence-corrected chi connectivity index (χ2v) is 10.2. The van der Waals surface area contributed by atoms with Crippen molar-refractivity contribution in [3.05, 3.63) is 29.2 Å². The van der Waals surface area contributed by atoms with E-state index in [0.717, 1.165) is 11.5 Å². The molecule has 1 aromatic heterocycles. The van der Waals surface area contributed by atoms with Crippen LogP contribution < -0.4 is 16.6 Å². The summed E-state index contributed by atoms with van der Waals surface area (Å²) in [5, 5.41) is 14.9. The van der Waals surface area contributed by atoms with Gasteiger partial charge in [0.1, 0.15) is 13.7 Å². The molecule has 1 fully saturated rings.